The van der Waals surface area contributed by atoms with Crippen LogP contribution in [0.1, 0.15) is 12.6 Å². The van der Waals surface area contributed by atoms with Crippen molar-refractivity contribution in [2.45, 2.75) is 19.4 Å². The summed E-state index contributed by atoms with van der Waals surface area (Å²) in [5.41, 5.74) is 0.653. The van der Waals surface area contributed by atoms with E-state index in [9.17, 15) is 9.59 Å². The van der Waals surface area contributed by atoms with Gasteiger partial charge in [0.1, 0.15) is 6.04 Å². The number of carbonyl (C=O) groups excluding carboxylic acids is 1. The number of carboxylic acids is 1. The van der Waals surface area contributed by atoms with Gasteiger partial charge in [0.15, 0.2) is 0 Å². The van der Waals surface area contributed by atoms with Crippen LogP contribution in [0.5, 0.6) is 0 Å². The Hall–Kier alpha value is -1.85. The number of aliphatic carboxylic acids is 1. The highest BCUT2D eigenvalue weighted by atomic mass is 16.4. The smallest absolute Gasteiger partial charge is 0.325 e. The normalized spacial score (nSPS) is 12.1. The molecule has 0 unspecified atom stereocenters. The van der Waals surface area contributed by atoms with Crippen molar-refractivity contribution in [3.05, 3.63) is 18.0 Å². The third-order valence-electron chi connectivity index (χ3n) is 1.66. The number of aromatic nitrogens is 2. The van der Waals surface area contributed by atoms with Gasteiger partial charge in [0, 0.05) is 11.9 Å². The SMILES string of the molecule is C[C@H](NC(=O)Cc1ccn[nH]1)C(=O)O. The minimum atomic E-state index is -1.05. The van der Waals surface area contributed by atoms with Gasteiger partial charge in [0.05, 0.1) is 6.42 Å². The summed E-state index contributed by atoms with van der Waals surface area (Å²) >= 11 is 0. The summed E-state index contributed by atoms with van der Waals surface area (Å²) in [5, 5.41) is 17.1. The molecule has 1 heterocycles. The fourth-order valence-electron chi connectivity index (χ4n) is 0.910. The van der Waals surface area contributed by atoms with Crippen molar-refractivity contribution in [2.75, 3.05) is 0 Å². The van der Waals surface area contributed by atoms with Crippen LogP contribution >= 0.6 is 0 Å². The third kappa shape index (κ3) is 2.89. The van der Waals surface area contributed by atoms with Gasteiger partial charge in [-0.05, 0) is 13.0 Å². The lowest BCUT2D eigenvalue weighted by atomic mass is 10.2. The van der Waals surface area contributed by atoms with Crippen LogP contribution in [-0.2, 0) is 16.0 Å². The zero-order chi connectivity index (χ0) is 10.6. The lowest BCUT2D eigenvalue weighted by Crippen LogP contribution is -2.39. The van der Waals surface area contributed by atoms with E-state index in [0.717, 1.165) is 0 Å². The van der Waals surface area contributed by atoms with Gasteiger partial charge in [-0.3, -0.25) is 14.7 Å². The molecule has 14 heavy (non-hydrogen) atoms. The van der Waals surface area contributed by atoms with Gasteiger partial charge in [-0.1, -0.05) is 0 Å². The van der Waals surface area contributed by atoms with Crippen LogP contribution in [-0.4, -0.2) is 33.2 Å². The first-order valence-electron chi connectivity index (χ1n) is 4.10. The molecule has 1 atom stereocenters. The highest BCUT2D eigenvalue weighted by Crippen LogP contribution is 1.93. The zero-order valence-corrected chi connectivity index (χ0v) is 7.65. The fraction of sp³-hybridized carbons (Fsp3) is 0.375. The average Bonchev–Trinajstić information content (AvgIpc) is 2.56. The van der Waals surface area contributed by atoms with Gasteiger partial charge in [-0.15, -0.1) is 0 Å². The number of carbonyl (C=O) groups is 2. The molecule has 1 rings (SSSR count). The minimum absolute atomic E-state index is 0.109. The molecule has 76 valence electrons. The molecule has 0 saturated carbocycles. The van der Waals surface area contributed by atoms with Crippen molar-refractivity contribution in [3.63, 3.8) is 0 Å². The van der Waals surface area contributed by atoms with Crippen molar-refractivity contribution in [1.29, 1.82) is 0 Å². The van der Waals surface area contributed by atoms with E-state index in [0.29, 0.717) is 5.69 Å². The molecule has 6 heteroatoms. The van der Waals surface area contributed by atoms with Crippen molar-refractivity contribution < 1.29 is 14.7 Å². The second-order valence-electron chi connectivity index (χ2n) is 2.89. The molecular weight excluding hydrogens is 186 g/mol. The van der Waals surface area contributed by atoms with Crippen LogP contribution in [0.15, 0.2) is 12.3 Å². The minimum Gasteiger partial charge on any atom is -0.480 e. The van der Waals surface area contributed by atoms with Crippen molar-refractivity contribution >= 4 is 11.9 Å². The van der Waals surface area contributed by atoms with Crippen molar-refractivity contribution in [3.8, 4) is 0 Å². The van der Waals surface area contributed by atoms with E-state index in [2.05, 4.69) is 15.5 Å². The topological polar surface area (TPSA) is 95.1 Å². The molecule has 0 saturated heterocycles. The molecule has 1 amide bonds. The number of nitrogens with zero attached hydrogens (tertiary/aromatic N) is 1. The van der Waals surface area contributed by atoms with Crippen LogP contribution in [0.4, 0.5) is 0 Å². The molecule has 0 bridgehead atoms. The zero-order valence-electron chi connectivity index (χ0n) is 7.65. The van der Waals surface area contributed by atoms with E-state index in [1.165, 1.54) is 13.1 Å². The summed E-state index contributed by atoms with van der Waals surface area (Å²) in [5.74, 6) is -1.40. The van der Waals surface area contributed by atoms with E-state index in [1.807, 2.05) is 0 Å². The molecular formula is C8H11N3O3. The van der Waals surface area contributed by atoms with Crippen molar-refractivity contribution in [2.24, 2.45) is 0 Å². The molecule has 6 nitrogen and oxygen atoms in total. The number of amides is 1. The number of H-pyrrole nitrogens is 1. The Morgan fingerprint density at radius 2 is 2.43 bits per heavy atom. The maximum absolute atomic E-state index is 11.2. The molecule has 0 aliphatic rings. The first kappa shape index (κ1) is 10.2. The Balaban J connectivity index is 2.40. The highest BCUT2D eigenvalue weighted by Gasteiger charge is 2.14. The van der Waals surface area contributed by atoms with Crippen LogP contribution in [0.25, 0.3) is 0 Å². The van der Waals surface area contributed by atoms with Crippen LogP contribution in [0.2, 0.25) is 0 Å². The van der Waals surface area contributed by atoms with Crippen LogP contribution in [0, 0.1) is 0 Å². The van der Waals surface area contributed by atoms with Gasteiger partial charge in [0.2, 0.25) is 5.91 Å². The number of rotatable bonds is 4. The Bertz CT molecular complexity index is 321. The molecule has 0 spiro atoms. The Kier molecular flexibility index (Phi) is 3.22. The lowest BCUT2D eigenvalue weighted by molar-refractivity contribution is -0.141. The predicted octanol–water partition coefficient (Wildman–Crippen LogP) is -0.459. The monoisotopic (exact) mass is 197 g/mol. The second-order valence-corrected chi connectivity index (χ2v) is 2.89. The molecule has 1 aromatic heterocycles. The Morgan fingerprint density at radius 3 is 2.93 bits per heavy atom. The van der Waals surface area contributed by atoms with E-state index < -0.39 is 12.0 Å². The number of aromatic amines is 1. The van der Waals surface area contributed by atoms with Gasteiger partial charge < -0.3 is 10.4 Å². The molecule has 0 aliphatic carbocycles. The maximum Gasteiger partial charge on any atom is 0.325 e. The van der Waals surface area contributed by atoms with Crippen molar-refractivity contribution in [1.82, 2.24) is 15.5 Å². The third-order valence-corrected chi connectivity index (χ3v) is 1.66. The van der Waals surface area contributed by atoms with E-state index in [-0.39, 0.29) is 12.3 Å². The standard InChI is InChI=1S/C8H11N3O3/c1-5(8(13)14)10-7(12)4-6-2-3-9-11-6/h2-3,5H,4H2,1H3,(H,9,11)(H,10,12)(H,13,14)/t5-/m0/s1. The Labute approximate surface area is 80.3 Å². The fourth-order valence-corrected chi connectivity index (χ4v) is 0.910. The van der Waals surface area contributed by atoms with E-state index >= 15 is 0 Å². The summed E-state index contributed by atoms with van der Waals surface area (Å²) in [6.45, 7) is 1.41. The summed E-state index contributed by atoms with van der Waals surface area (Å²) < 4.78 is 0. The van der Waals surface area contributed by atoms with Gasteiger partial charge >= 0.3 is 5.97 Å². The van der Waals surface area contributed by atoms with E-state index in [4.69, 9.17) is 5.11 Å². The molecule has 0 radical (unpaired) electrons. The van der Waals surface area contributed by atoms with Gasteiger partial charge in [-0.25, -0.2) is 0 Å². The largest absolute Gasteiger partial charge is 0.480 e. The molecule has 1 aromatic rings. The molecule has 0 fully saturated rings. The quantitative estimate of drug-likeness (QED) is 0.608. The molecule has 0 aromatic carbocycles. The molecule has 0 aliphatic heterocycles. The number of carboxylic acid groups (broad SMARTS) is 1. The van der Waals surface area contributed by atoms with Crippen LogP contribution in [0.3, 0.4) is 0 Å². The Morgan fingerprint density at radius 1 is 1.71 bits per heavy atom. The molecule has 3 N–H and O–H groups in total. The lowest BCUT2D eigenvalue weighted by Gasteiger charge is -2.07. The van der Waals surface area contributed by atoms with Gasteiger partial charge in [0.25, 0.3) is 0 Å². The van der Waals surface area contributed by atoms with Gasteiger partial charge in [-0.2, -0.15) is 5.10 Å². The summed E-state index contributed by atoms with van der Waals surface area (Å²) in [6, 6.07) is 0.788. The number of hydrogen-bond donors (Lipinski definition) is 3. The summed E-state index contributed by atoms with van der Waals surface area (Å²) in [4.78, 5) is 21.6. The maximum atomic E-state index is 11.2. The van der Waals surface area contributed by atoms with Crippen LogP contribution < -0.4 is 5.32 Å². The summed E-state index contributed by atoms with van der Waals surface area (Å²) in [7, 11) is 0. The van der Waals surface area contributed by atoms with E-state index in [1.54, 1.807) is 6.07 Å². The predicted molar refractivity (Wildman–Crippen MR) is 47.5 cm³/mol. The second kappa shape index (κ2) is 4.40. The summed E-state index contributed by atoms with van der Waals surface area (Å²) in [6.07, 6.45) is 1.64. The highest BCUT2D eigenvalue weighted by molar-refractivity contribution is 5.84. The number of nitrogens with one attached hydrogen (secondary N) is 2. The first-order valence-corrected chi connectivity index (χ1v) is 4.10. The average molecular weight is 197 g/mol. The first-order chi connectivity index (χ1) is 6.59. The number of hydrogen-bond acceptors (Lipinski definition) is 3.